The summed E-state index contributed by atoms with van der Waals surface area (Å²) in [4.78, 5) is 13.6. The summed E-state index contributed by atoms with van der Waals surface area (Å²) < 4.78 is 37.3. The van der Waals surface area contributed by atoms with Crippen LogP contribution in [0.25, 0.3) is 0 Å². The molecule has 0 aliphatic heterocycles. The Bertz CT molecular complexity index is 492. The van der Waals surface area contributed by atoms with Gasteiger partial charge in [0.05, 0.1) is 11.1 Å². The van der Waals surface area contributed by atoms with Crippen LogP contribution in [0.15, 0.2) is 24.3 Å². The Morgan fingerprint density at radius 1 is 1.30 bits per heavy atom. The number of carbonyl (C=O) groups is 1. The largest absolute Gasteiger partial charge is 0.416 e. The molecule has 0 saturated heterocycles. The minimum Gasteiger partial charge on any atom is -0.340 e. The first-order chi connectivity index (χ1) is 9.22. The first-order valence-electron chi connectivity index (χ1n) is 6.43. The maximum atomic E-state index is 12.4. The standard InChI is InChI=1S/C14H17F3N2O/c1-19(12(20)13(18)7-2-8-13)9-10-3-5-11(6-4-10)14(15,16)17/h3-6H,2,7-9,18H2,1H3. The summed E-state index contributed by atoms with van der Waals surface area (Å²) in [6, 6.07) is 4.82. The highest BCUT2D eigenvalue weighted by Crippen LogP contribution is 2.31. The summed E-state index contributed by atoms with van der Waals surface area (Å²) in [6.45, 7) is 0.260. The molecule has 0 aromatic heterocycles. The Labute approximate surface area is 115 Å². The van der Waals surface area contributed by atoms with E-state index in [9.17, 15) is 18.0 Å². The fraction of sp³-hybridized carbons (Fsp3) is 0.500. The molecular formula is C14H17F3N2O. The van der Waals surface area contributed by atoms with Crippen LogP contribution in [0.1, 0.15) is 30.4 Å². The molecule has 2 N–H and O–H groups in total. The second-order valence-electron chi connectivity index (χ2n) is 5.37. The molecule has 1 fully saturated rings. The van der Waals surface area contributed by atoms with Gasteiger partial charge in [-0.1, -0.05) is 12.1 Å². The molecule has 6 heteroatoms. The summed E-state index contributed by atoms with van der Waals surface area (Å²) in [5.74, 6) is -0.149. The molecule has 1 aliphatic carbocycles. The average Bonchev–Trinajstić information content (AvgIpc) is 2.34. The number of likely N-dealkylation sites (N-methyl/N-ethyl adjacent to an activating group) is 1. The van der Waals surface area contributed by atoms with E-state index < -0.39 is 17.3 Å². The fourth-order valence-corrected chi connectivity index (χ4v) is 2.30. The fourth-order valence-electron chi connectivity index (χ4n) is 2.30. The maximum Gasteiger partial charge on any atom is 0.416 e. The summed E-state index contributed by atoms with van der Waals surface area (Å²) in [5.41, 5.74) is 5.12. The van der Waals surface area contributed by atoms with Crippen molar-refractivity contribution < 1.29 is 18.0 Å². The second kappa shape index (κ2) is 5.09. The Morgan fingerprint density at radius 2 is 1.85 bits per heavy atom. The van der Waals surface area contributed by atoms with Crippen molar-refractivity contribution in [3.05, 3.63) is 35.4 Å². The predicted octanol–water partition coefficient (Wildman–Crippen LogP) is 2.55. The van der Waals surface area contributed by atoms with Gasteiger partial charge in [0.25, 0.3) is 0 Å². The molecule has 0 radical (unpaired) electrons. The summed E-state index contributed by atoms with van der Waals surface area (Å²) in [7, 11) is 1.62. The second-order valence-corrected chi connectivity index (χ2v) is 5.37. The molecule has 0 unspecified atom stereocenters. The van der Waals surface area contributed by atoms with Crippen molar-refractivity contribution in [3.63, 3.8) is 0 Å². The van der Waals surface area contributed by atoms with Crippen molar-refractivity contribution in [1.29, 1.82) is 0 Å². The van der Waals surface area contributed by atoms with Crippen LogP contribution in [0.3, 0.4) is 0 Å². The third-order valence-corrected chi connectivity index (χ3v) is 3.72. The van der Waals surface area contributed by atoms with Crippen molar-refractivity contribution in [2.45, 2.75) is 37.5 Å². The monoisotopic (exact) mass is 286 g/mol. The zero-order valence-electron chi connectivity index (χ0n) is 11.2. The van der Waals surface area contributed by atoms with Gasteiger partial charge in [0.15, 0.2) is 0 Å². The number of halogens is 3. The topological polar surface area (TPSA) is 46.3 Å². The molecule has 3 nitrogen and oxygen atoms in total. The van der Waals surface area contributed by atoms with Crippen LogP contribution in [0.4, 0.5) is 13.2 Å². The van der Waals surface area contributed by atoms with Crippen molar-refractivity contribution in [2.24, 2.45) is 5.73 Å². The van der Waals surface area contributed by atoms with E-state index in [0.717, 1.165) is 18.6 Å². The Morgan fingerprint density at radius 3 is 2.25 bits per heavy atom. The zero-order valence-corrected chi connectivity index (χ0v) is 11.2. The van der Waals surface area contributed by atoms with E-state index in [1.54, 1.807) is 7.05 Å². The van der Waals surface area contributed by atoms with Gasteiger partial charge in [-0.25, -0.2) is 0 Å². The lowest BCUT2D eigenvalue weighted by Gasteiger charge is -2.39. The van der Waals surface area contributed by atoms with Gasteiger partial charge in [-0.05, 0) is 37.0 Å². The summed E-state index contributed by atoms with van der Waals surface area (Å²) in [6.07, 6.45) is -2.06. The Kier molecular flexibility index (Phi) is 3.77. The minimum atomic E-state index is -4.34. The van der Waals surface area contributed by atoms with Gasteiger partial charge < -0.3 is 10.6 Å². The van der Waals surface area contributed by atoms with Gasteiger partial charge in [-0.2, -0.15) is 13.2 Å². The van der Waals surface area contributed by atoms with E-state index >= 15 is 0 Å². The first-order valence-corrected chi connectivity index (χ1v) is 6.43. The molecular weight excluding hydrogens is 269 g/mol. The number of hydrogen-bond acceptors (Lipinski definition) is 2. The van der Waals surface area contributed by atoms with Gasteiger partial charge in [0, 0.05) is 13.6 Å². The van der Waals surface area contributed by atoms with Crippen LogP contribution in [0.2, 0.25) is 0 Å². The van der Waals surface area contributed by atoms with E-state index in [1.165, 1.54) is 17.0 Å². The third-order valence-electron chi connectivity index (χ3n) is 3.72. The van der Waals surface area contributed by atoms with Gasteiger partial charge in [0.1, 0.15) is 0 Å². The lowest BCUT2D eigenvalue weighted by molar-refractivity contribution is -0.139. The van der Waals surface area contributed by atoms with Crippen LogP contribution in [0.5, 0.6) is 0 Å². The third kappa shape index (κ3) is 2.95. The van der Waals surface area contributed by atoms with Gasteiger partial charge in [0.2, 0.25) is 5.91 Å². The molecule has 20 heavy (non-hydrogen) atoms. The highest BCUT2D eigenvalue weighted by Gasteiger charge is 2.41. The van der Waals surface area contributed by atoms with Crippen LogP contribution in [-0.4, -0.2) is 23.4 Å². The Balaban J connectivity index is 2.01. The van der Waals surface area contributed by atoms with E-state index in [2.05, 4.69) is 0 Å². The van der Waals surface area contributed by atoms with E-state index in [-0.39, 0.29) is 12.5 Å². The number of benzene rings is 1. The van der Waals surface area contributed by atoms with Gasteiger partial charge >= 0.3 is 6.18 Å². The summed E-state index contributed by atoms with van der Waals surface area (Å²) in [5, 5.41) is 0. The lowest BCUT2D eigenvalue weighted by atomic mass is 9.76. The number of hydrogen-bond donors (Lipinski definition) is 1. The van der Waals surface area contributed by atoms with Gasteiger partial charge in [-0.15, -0.1) is 0 Å². The average molecular weight is 286 g/mol. The molecule has 1 saturated carbocycles. The number of nitrogens with zero attached hydrogens (tertiary/aromatic N) is 1. The highest BCUT2D eigenvalue weighted by molar-refractivity contribution is 5.86. The predicted molar refractivity (Wildman–Crippen MR) is 68.7 cm³/mol. The van der Waals surface area contributed by atoms with Crippen LogP contribution in [-0.2, 0) is 17.5 Å². The van der Waals surface area contributed by atoms with Crippen LogP contribution >= 0.6 is 0 Å². The van der Waals surface area contributed by atoms with Crippen LogP contribution < -0.4 is 5.73 Å². The molecule has 0 spiro atoms. The van der Waals surface area contributed by atoms with E-state index in [0.29, 0.717) is 18.4 Å². The van der Waals surface area contributed by atoms with Crippen molar-refractivity contribution in [2.75, 3.05) is 7.05 Å². The van der Waals surface area contributed by atoms with E-state index in [1.807, 2.05) is 0 Å². The van der Waals surface area contributed by atoms with Crippen molar-refractivity contribution in [3.8, 4) is 0 Å². The SMILES string of the molecule is CN(Cc1ccc(C(F)(F)F)cc1)C(=O)C1(N)CCC1. The normalized spacial score (nSPS) is 17.4. The molecule has 1 aliphatic rings. The molecule has 110 valence electrons. The molecule has 0 bridgehead atoms. The lowest BCUT2D eigenvalue weighted by Crippen LogP contribution is -2.58. The molecule has 0 atom stereocenters. The number of alkyl halides is 3. The van der Waals surface area contributed by atoms with Gasteiger partial charge in [-0.3, -0.25) is 4.79 Å². The first kappa shape index (κ1) is 14.8. The number of rotatable bonds is 3. The molecule has 2 rings (SSSR count). The molecule has 1 aromatic carbocycles. The maximum absolute atomic E-state index is 12.4. The summed E-state index contributed by atoms with van der Waals surface area (Å²) >= 11 is 0. The van der Waals surface area contributed by atoms with E-state index in [4.69, 9.17) is 5.73 Å². The van der Waals surface area contributed by atoms with Crippen molar-refractivity contribution >= 4 is 5.91 Å². The number of nitrogens with two attached hydrogens (primary N) is 1. The Hall–Kier alpha value is -1.56. The highest BCUT2D eigenvalue weighted by atomic mass is 19.4. The smallest absolute Gasteiger partial charge is 0.340 e. The molecule has 1 aromatic rings. The molecule has 0 heterocycles. The minimum absolute atomic E-state index is 0.149. The number of carbonyl (C=O) groups excluding carboxylic acids is 1. The molecule has 1 amide bonds. The van der Waals surface area contributed by atoms with Crippen molar-refractivity contribution in [1.82, 2.24) is 4.90 Å². The van der Waals surface area contributed by atoms with Crippen LogP contribution in [0, 0.1) is 0 Å². The quantitative estimate of drug-likeness (QED) is 0.928. The zero-order chi connectivity index (χ0) is 15.0. The number of amides is 1.